The molecule has 0 aliphatic heterocycles. The molecule has 70 valence electrons. The van der Waals surface area contributed by atoms with Gasteiger partial charge in [-0.3, -0.25) is 4.79 Å². The molecule has 1 N–H and O–H groups in total. The van der Waals surface area contributed by atoms with E-state index in [1.165, 1.54) is 14.1 Å². The molecule has 5 nitrogen and oxygen atoms in total. The third-order valence-electron chi connectivity index (χ3n) is 0.948. The van der Waals surface area contributed by atoms with E-state index in [1.807, 2.05) is 0 Å². The van der Waals surface area contributed by atoms with Gasteiger partial charge in [-0.05, 0) is 0 Å². The van der Waals surface area contributed by atoms with Crippen LogP contribution in [0.3, 0.4) is 0 Å². The highest BCUT2D eigenvalue weighted by Crippen LogP contribution is 2.07. The van der Waals surface area contributed by atoms with Crippen LogP contribution in [0.1, 0.15) is 0 Å². The largest absolute Gasteiger partial charge is 0.369 e. The highest BCUT2D eigenvalue weighted by molar-refractivity contribution is 9.08. The van der Waals surface area contributed by atoms with Gasteiger partial charge in [0.15, 0.2) is 0 Å². The number of alkyl halides is 1. The summed E-state index contributed by atoms with van der Waals surface area (Å²) in [5, 5.41) is 8.60. The number of imide groups is 1. The van der Waals surface area contributed by atoms with Gasteiger partial charge in [-0.2, -0.15) is 3.93 Å². The van der Waals surface area contributed by atoms with Crippen LogP contribution >= 0.6 is 27.7 Å². The SMILES string of the molecule is CN(C)C(=O)N(Br)C(=O)C(O)Cl. The van der Waals surface area contributed by atoms with Crippen molar-refractivity contribution in [1.29, 1.82) is 0 Å². The molecule has 0 bridgehead atoms. The van der Waals surface area contributed by atoms with Crippen LogP contribution in [0.25, 0.3) is 0 Å². The Morgan fingerprint density at radius 2 is 1.92 bits per heavy atom. The maximum atomic E-state index is 11.0. The van der Waals surface area contributed by atoms with Crippen LogP contribution < -0.4 is 0 Å². The van der Waals surface area contributed by atoms with Crippen molar-refractivity contribution in [3.05, 3.63) is 0 Å². The van der Waals surface area contributed by atoms with E-state index in [2.05, 4.69) is 16.1 Å². The number of hydrogen-bond donors (Lipinski definition) is 1. The van der Waals surface area contributed by atoms with E-state index >= 15 is 0 Å². The van der Waals surface area contributed by atoms with Crippen LogP contribution in [0.15, 0.2) is 0 Å². The molecule has 0 aromatic heterocycles. The second-order valence-electron chi connectivity index (χ2n) is 2.13. The molecule has 0 spiro atoms. The van der Waals surface area contributed by atoms with Gasteiger partial charge in [-0.1, -0.05) is 11.6 Å². The second-order valence-corrected chi connectivity index (χ2v) is 3.25. The smallest absolute Gasteiger partial charge is 0.336 e. The molecule has 0 fully saturated rings. The van der Waals surface area contributed by atoms with Gasteiger partial charge in [-0.15, -0.1) is 0 Å². The summed E-state index contributed by atoms with van der Waals surface area (Å²) in [5.41, 5.74) is -1.71. The first-order chi connectivity index (χ1) is 5.37. The van der Waals surface area contributed by atoms with E-state index in [0.717, 1.165) is 4.90 Å². The number of nitrogens with zero attached hydrogens (tertiary/aromatic N) is 2. The Morgan fingerprint density at radius 1 is 1.50 bits per heavy atom. The molecule has 3 amide bonds. The first-order valence-electron chi connectivity index (χ1n) is 2.91. The van der Waals surface area contributed by atoms with E-state index < -0.39 is 17.5 Å². The Labute approximate surface area is 83.2 Å². The van der Waals surface area contributed by atoms with E-state index in [-0.39, 0.29) is 0 Å². The zero-order valence-electron chi connectivity index (χ0n) is 6.49. The summed E-state index contributed by atoms with van der Waals surface area (Å²) in [4.78, 5) is 23.0. The number of urea groups is 1. The van der Waals surface area contributed by atoms with Gasteiger partial charge in [0.2, 0.25) is 5.56 Å². The van der Waals surface area contributed by atoms with Crippen molar-refractivity contribution in [2.24, 2.45) is 0 Å². The zero-order valence-corrected chi connectivity index (χ0v) is 8.83. The Kier molecular flexibility index (Phi) is 4.51. The molecule has 0 heterocycles. The first-order valence-corrected chi connectivity index (χ1v) is 4.05. The van der Waals surface area contributed by atoms with Crippen molar-refractivity contribution in [3.8, 4) is 0 Å². The second kappa shape index (κ2) is 4.64. The molecule has 0 aromatic carbocycles. The fourth-order valence-electron chi connectivity index (χ4n) is 0.363. The van der Waals surface area contributed by atoms with Gasteiger partial charge in [0, 0.05) is 14.1 Å². The maximum absolute atomic E-state index is 11.0. The lowest BCUT2D eigenvalue weighted by atomic mass is 10.6. The van der Waals surface area contributed by atoms with Crippen LogP contribution in [0.5, 0.6) is 0 Å². The van der Waals surface area contributed by atoms with E-state index in [1.54, 1.807) is 0 Å². The number of hydrogen-bond acceptors (Lipinski definition) is 3. The Bertz CT molecular complexity index is 177. The van der Waals surface area contributed by atoms with Gasteiger partial charge in [0.05, 0.1) is 16.1 Å². The summed E-state index contributed by atoms with van der Waals surface area (Å²) in [6, 6.07) is -0.611. The molecule has 0 saturated carbocycles. The average molecular weight is 259 g/mol. The molecular weight excluding hydrogens is 251 g/mol. The van der Waals surface area contributed by atoms with E-state index in [0.29, 0.717) is 3.93 Å². The number of carbonyl (C=O) groups excluding carboxylic acids is 2. The van der Waals surface area contributed by atoms with Gasteiger partial charge in [0.25, 0.3) is 5.91 Å². The minimum atomic E-state index is -1.71. The highest BCUT2D eigenvalue weighted by atomic mass is 79.9. The molecular formula is C5H8BrClN2O3. The molecule has 0 radical (unpaired) electrons. The van der Waals surface area contributed by atoms with Crippen LogP contribution in [0.4, 0.5) is 4.79 Å². The normalized spacial score (nSPS) is 12.1. The van der Waals surface area contributed by atoms with Gasteiger partial charge in [0.1, 0.15) is 0 Å². The quantitative estimate of drug-likeness (QED) is 0.546. The van der Waals surface area contributed by atoms with Crippen molar-refractivity contribution >= 4 is 39.7 Å². The van der Waals surface area contributed by atoms with Crippen molar-refractivity contribution in [2.75, 3.05) is 14.1 Å². The summed E-state index contributed by atoms with van der Waals surface area (Å²) >= 11 is 7.69. The van der Waals surface area contributed by atoms with Crippen molar-refractivity contribution in [2.45, 2.75) is 5.56 Å². The monoisotopic (exact) mass is 258 g/mol. The average Bonchev–Trinajstić information content (AvgIpc) is 2.00. The molecule has 7 heteroatoms. The molecule has 0 saturated heterocycles. The number of rotatable bonds is 1. The summed E-state index contributed by atoms with van der Waals surface area (Å²) in [7, 11) is 2.93. The van der Waals surface area contributed by atoms with E-state index in [9.17, 15) is 9.59 Å². The molecule has 0 aliphatic rings. The number of halogens is 2. The Balaban J connectivity index is 4.30. The predicted octanol–water partition coefficient (Wildman–Crippen LogP) is 0.364. The first kappa shape index (κ1) is 11.7. The Hall–Kier alpha value is -0.330. The predicted molar refractivity (Wildman–Crippen MR) is 46.7 cm³/mol. The molecule has 1 unspecified atom stereocenters. The highest BCUT2D eigenvalue weighted by Gasteiger charge is 2.25. The topological polar surface area (TPSA) is 60.9 Å². The number of amides is 3. The van der Waals surface area contributed by atoms with Crippen LogP contribution in [0.2, 0.25) is 0 Å². The summed E-state index contributed by atoms with van der Waals surface area (Å²) in [6.45, 7) is 0. The third-order valence-corrected chi connectivity index (χ3v) is 1.79. The third kappa shape index (κ3) is 2.96. The summed E-state index contributed by atoms with van der Waals surface area (Å²) < 4.78 is 0.560. The summed E-state index contributed by atoms with van der Waals surface area (Å²) in [5.74, 6) is -0.921. The standard InChI is InChI=1S/C5H8BrClN2O3/c1-8(2)5(12)9(6)4(11)3(7)10/h3,10H,1-2H3. The van der Waals surface area contributed by atoms with Crippen molar-refractivity contribution in [3.63, 3.8) is 0 Å². The lowest BCUT2D eigenvalue weighted by Gasteiger charge is -2.17. The van der Waals surface area contributed by atoms with Crippen LogP contribution in [-0.4, -0.2) is 45.5 Å². The molecule has 0 aliphatic carbocycles. The fourth-order valence-corrected chi connectivity index (χ4v) is 1.09. The molecule has 1 atom stereocenters. The molecule has 0 rings (SSSR count). The van der Waals surface area contributed by atoms with Gasteiger partial charge < -0.3 is 10.0 Å². The Morgan fingerprint density at radius 3 is 2.17 bits per heavy atom. The van der Waals surface area contributed by atoms with Crippen molar-refractivity contribution < 1.29 is 14.7 Å². The minimum Gasteiger partial charge on any atom is -0.369 e. The maximum Gasteiger partial charge on any atom is 0.336 e. The van der Waals surface area contributed by atoms with E-state index in [4.69, 9.17) is 16.7 Å². The lowest BCUT2D eigenvalue weighted by molar-refractivity contribution is -0.128. The summed E-state index contributed by atoms with van der Waals surface area (Å²) in [6.07, 6.45) is 0. The zero-order chi connectivity index (χ0) is 9.89. The number of carbonyl (C=O) groups is 2. The molecule has 0 aromatic rings. The van der Waals surface area contributed by atoms with Gasteiger partial charge in [-0.25, -0.2) is 4.79 Å². The van der Waals surface area contributed by atoms with Crippen LogP contribution in [-0.2, 0) is 4.79 Å². The minimum absolute atomic E-state index is 0.560. The van der Waals surface area contributed by atoms with Gasteiger partial charge >= 0.3 is 6.03 Å². The van der Waals surface area contributed by atoms with Crippen LogP contribution in [0, 0.1) is 0 Å². The molecule has 12 heavy (non-hydrogen) atoms. The van der Waals surface area contributed by atoms with Crippen molar-refractivity contribution in [1.82, 2.24) is 8.83 Å². The fraction of sp³-hybridized carbons (Fsp3) is 0.600. The lowest BCUT2D eigenvalue weighted by Crippen LogP contribution is -2.40. The number of aliphatic hydroxyl groups excluding tert-OH is 1. The number of aliphatic hydroxyl groups is 1.